The average Bonchev–Trinajstić information content (AvgIpc) is 3.17. The minimum absolute atomic E-state index is 0.125. The maximum absolute atomic E-state index is 14.7. The van der Waals surface area contributed by atoms with Crippen LogP contribution in [0, 0.1) is 11.7 Å². The number of anilines is 1. The lowest BCUT2D eigenvalue weighted by Gasteiger charge is -2.43. The first kappa shape index (κ1) is 24.9. The number of nitrogens with one attached hydrogen (secondary N) is 1. The first-order valence-electron chi connectivity index (χ1n) is 12.6. The lowest BCUT2D eigenvalue weighted by molar-refractivity contribution is -0.138. The van der Waals surface area contributed by atoms with Crippen LogP contribution in [0.3, 0.4) is 0 Å². The van der Waals surface area contributed by atoms with Crippen molar-refractivity contribution in [1.82, 2.24) is 5.01 Å². The Morgan fingerprint density at radius 1 is 0.974 bits per heavy atom. The lowest BCUT2D eigenvalue weighted by Crippen LogP contribution is -2.48. The Morgan fingerprint density at radius 2 is 1.67 bits per heavy atom. The molecule has 1 aliphatic heterocycles. The van der Waals surface area contributed by atoms with Gasteiger partial charge >= 0.3 is 0 Å². The lowest BCUT2D eigenvalue weighted by atomic mass is 9.55. The van der Waals surface area contributed by atoms with Gasteiger partial charge in [0.05, 0.1) is 17.0 Å². The zero-order valence-electron chi connectivity index (χ0n) is 20.8. The Labute approximate surface area is 229 Å². The molecule has 194 valence electrons. The van der Waals surface area contributed by atoms with Crippen LogP contribution in [0.2, 0.25) is 5.02 Å². The van der Waals surface area contributed by atoms with Crippen molar-refractivity contribution in [2.24, 2.45) is 5.92 Å². The average molecular weight is 539 g/mol. The summed E-state index contributed by atoms with van der Waals surface area (Å²) in [5.74, 6) is -2.45. The molecule has 2 N–H and O–H groups in total. The Balaban J connectivity index is 1.62. The highest BCUT2D eigenvalue weighted by Gasteiger charge is 2.66. The molecule has 0 aromatic heterocycles. The number of fused-ring (bicyclic) bond motifs is 2. The van der Waals surface area contributed by atoms with Crippen molar-refractivity contribution in [2.45, 2.75) is 17.8 Å². The predicted octanol–water partition coefficient (Wildman–Crippen LogP) is 6.89. The van der Waals surface area contributed by atoms with Gasteiger partial charge in [-0.3, -0.25) is 15.0 Å². The second-order valence-electron chi connectivity index (χ2n) is 9.82. The quantitative estimate of drug-likeness (QED) is 0.271. The van der Waals surface area contributed by atoms with Crippen LogP contribution < -0.4 is 5.43 Å². The molecule has 4 aromatic rings. The summed E-state index contributed by atoms with van der Waals surface area (Å²) in [7, 11) is 0. The van der Waals surface area contributed by atoms with E-state index in [9.17, 15) is 19.1 Å². The third-order valence-electron chi connectivity index (χ3n) is 7.89. The summed E-state index contributed by atoms with van der Waals surface area (Å²) in [5, 5.41) is 13.6. The Morgan fingerprint density at radius 3 is 2.36 bits per heavy atom. The van der Waals surface area contributed by atoms with E-state index in [1.807, 2.05) is 36.4 Å². The summed E-state index contributed by atoms with van der Waals surface area (Å²) in [6.45, 7) is 4.05. The Bertz CT molecular complexity index is 1670. The molecule has 39 heavy (non-hydrogen) atoms. The standard InChI is InChI=1S/C32H24ClFN2O3/c1-2-19-7-17-27-30(38)36(35-23-14-12-22(34)13-15-23)31(39)32(27,20-8-10-21(33)11-9-20)29(19)26-16-18-28(37)25-6-4-3-5-24(25)26/h2-16,18,27,29,35,37H,1,17H2/t27-,29+,32+/m0/s1. The first-order chi connectivity index (χ1) is 18.9. The number of halogens is 2. The van der Waals surface area contributed by atoms with Crippen molar-refractivity contribution >= 4 is 39.9 Å². The molecule has 4 aromatic carbocycles. The number of allylic oxidation sites excluding steroid dienone is 3. The van der Waals surface area contributed by atoms with Crippen LogP contribution in [-0.4, -0.2) is 21.9 Å². The third-order valence-corrected chi connectivity index (χ3v) is 8.14. The molecule has 0 spiro atoms. The number of phenols is 1. The van der Waals surface area contributed by atoms with Gasteiger partial charge in [-0.1, -0.05) is 72.8 Å². The van der Waals surface area contributed by atoms with Gasteiger partial charge in [-0.05, 0) is 71.0 Å². The van der Waals surface area contributed by atoms with E-state index in [0.29, 0.717) is 28.1 Å². The largest absolute Gasteiger partial charge is 0.507 e. The molecule has 1 heterocycles. The highest BCUT2D eigenvalue weighted by molar-refractivity contribution is 6.30. The van der Waals surface area contributed by atoms with Crippen LogP contribution in [0.5, 0.6) is 5.75 Å². The SMILES string of the molecule is C=CC1=CC[C@H]2C(=O)N(Nc3ccc(F)cc3)C(=O)[C@@]2(c2ccc(Cl)cc2)[C@H]1c1ccc(O)c2ccccc12. The van der Waals surface area contributed by atoms with Gasteiger partial charge in [0.1, 0.15) is 11.6 Å². The molecule has 0 radical (unpaired) electrons. The van der Waals surface area contributed by atoms with E-state index in [-0.39, 0.29) is 11.7 Å². The van der Waals surface area contributed by atoms with Crippen LogP contribution in [0.4, 0.5) is 10.1 Å². The smallest absolute Gasteiger partial charge is 0.260 e. The zero-order chi connectivity index (χ0) is 27.3. The maximum Gasteiger partial charge on any atom is 0.260 e. The first-order valence-corrected chi connectivity index (χ1v) is 12.9. The van der Waals surface area contributed by atoms with E-state index >= 15 is 0 Å². The maximum atomic E-state index is 14.7. The zero-order valence-corrected chi connectivity index (χ0v) is 21.5. The summed E-state index contributed by atoms with van der Waals surface area (Å²) >= 11 is 6.25. The fourth-order valence-corrected chi connectivity index (χ4v) is 6.32. The molecule has 0 saturated carbocycles. The fourth-order valence-electron chi connectivity index (χ4n) is 6.19. The number of nitrogens with zero attached hydrogens (tertiary/aromatic N) is 1. The molecule has 2 aliphatic rings. The number of rotatable bonds is 5. The highest BCUT2D eigenvalue weighted by Crippen LogP contribution is 2.58. The Kier molecular flexibility index (Phi) is 6.00. The Hall–Kier alpha value is -4.42. The molecular weight excluding hydrogens is 515 g/mol. The molecule has 0 unspecified atom stereocenters. The molecule has 2 amide bonds. The van der Waals surface area contributed by atoms with Crippen LogP contribution in [-0.2, 0) is 15.0 Å². The van der Waals surface area contributed by atoms with Gasteiger partial charge in [-0.2, -0.15) is 5.01 Å². The van der Waals surface area contributed by atoms with E-state index in [2.05, 4.69) is 12.0 Å². The van der Waals surface area contributed by atoms with Gasteiger partial charge in [0, 0.05) is 16.3 Å². The second kappa shape index (κ2) is 9.40. The fraction of sp³-hybridized carbons (Fsp3) is 0.125. The summed E-state index contributed by atoms with van der Waals surface area (Å²) in [4.78, 5) is 28.7. The molecule has 7 heteroatoms. The number of amides is 2. The van der Waals surface area contributed by atoms with E-state index in [4.69, 9.17) is 11.6 Å². The van der Waals surface area contributed by atoms with Gasteiger partial charge < -0.3 is 5.11 Å². The van der Waals surface area contributed by atoms with Crippen molar-refractivity contribution in [3.8, 4) is 5.75 Å². The molecule has 1 fully saturated rings. The third kappa shape index (κ3) is 3.74. The number of carbonyl (C=O) groups is 2. The van der Waals surface area contributed by atoms with Crippen LogP contribution in [0.25, 0.3) is 10.8 Å². The van der Waals surface area contributed by atoms with E-state index in [1.165, 1.54) is 24.3 Å². The van der Waals surface area contributed by atoms with E-state index in [1.54, 1.807) is 36.4 Å². The van der Waals surface area contributed by atoms with Crippen molar-refractivity contribution in [3.63, 3.8) is 0 Å². The summed E-state index contributed by atoms with van der Waals surface area (Å²) in [6, 6.07) is 23.4. The number of hydrazine groups is 1. The van der Waals surface area contributed by atoms with Gasteiger partial charge in [0.2, 0.25) is 0 Å². The molecule has 3 atom stereocenters. The van der Waals surface area contributed by atoms with Crippen LogP contribution in [0.1, 0.15) is 23.5 Å². The van der Waals surface area contributed by atoms with E-state index < -0.39 is 29.0 Å². The molecule has 6 rings (SSSR count). The number of phenolic OH excluding ortho intramolecular Hbond substituents is 1. The molecule has 0 bridgehead atoms. The number of hydrogen-bond donors (Lipinski definition) is 2. The number of imide groups is 1. The van der Waals surface area contributed by atoms with Crippen LogP contribution in [0.15, 0.2) is 109 Å². The molecular formula is C32H24ClFN2O3. The predicted molar refractivity (Wildman–Crippen MR) is 150 cm³/mol. The minimum Gasteiger partial charge on any atom is -0.507 e. The monoisotopic (exact) mass is 538 g/mol. The normalized spacial score (nSPS) is 22.5. The van der Waals surface area contributed by atoms with Crippen molar-refractivity contribution < 1.29 is 19.1 Å². The molecule has 1 aliphatic carbocycles. The van der Waals surface area contributed by atoms with Gasteiger partial charge in [-0.15, -0.1) is 0 Å². The van der Waals surface area contributed by atoms with Gasteiger partial charge in [0.25, 0.3) is 11.8 Å². The van der Waals surface area contributed by atoms with Crippen molar-refractivity contribution in [1.29, 1.82) is 0 Å². The number of benzene rings is 4. The summed E-state index contributed by atoms with van der Waals surface area (Å²) < 4.78 is 13.6. The number of carbonyl (C=O) groups excluding carboxylic acids is 2. The second-order valence-corrected chi connectivity index (χ2v) is 10.3. The molecule has 1 saturated heterocycles. The van der Waals surface area contributed by atoms with E-state index in [0.717, 1.165) is 21.5 Å². The molecule has 5 nitrogen and oxygen atoms in total. The summed E-state index contributed by atoms with van der Waals surface area (Å²) in [6.07, 6.45) is 4.02. The van der Waals surface area contributed by atoms with Gasteiger partial charge in [0.15, 0.2) is 0 Å². The number of aromatic hydroxyl groups is 1. The topological polar surface area (TPSA) is 69.6 Å². The minimum atomic E-state index is -1.34. The van der Waals surface area contributed by atoms with Crippen molar-refractivity contribution in [2.75, 3.05) is 5.43 Å². The van der Waals surface area contributed by atoms with Crippen molar-refractivity contribution in [3.05, 3.63) is 131 Å². The van der Waals surface area contributed by atoms with Crippen LogP contribution >= 0.6 is 11.6 Å². The highest BCUT2D eigenvalue weighted by atomic mass is 35.5. The summed E-state index contributed by atoms with van der Waals surface area (Å²) in [5.41, 5.74) is 4.25. The van der Waals surface area contributed by atoms with Gasteiger partial charge in [-0.25, -0.2) is 4.39 Å². The number of hydrogen-bond acceptors (Lipinski definition) is 4.